The number of oxazole rings is 1. The zero-order valence-corrected chi connectivity index (χ0v) is 11.9. The average molecular weight is 279 g/mol. The van der Waals surface area contributed by atoms with Crippen LogP contribution < -0.4 is 11.1 Å². The number of aryl methyl sites for hydroxylation is 1. The summed E-state index contributed by atoms with van der Waals surface area (Å²) in [7, 11) is 0. The van der Waals surface area contributed by atoms with Crippen LogP contribution in [0.2, 0.25) is 0 Å². The third kappa shape index (κ3) is 3.37. The zero-order chi connectivity index (χ0) is 14.7. The van der Waals surface area contributed by atoms with Gasteiger partial charge in [0.2, 0.25) is 17.6 Å². The second-order valence-electron chi connectivity index (χ2n) is 5.47. The Labute approximate surface area is 118 Å². The summed E-state index contributed by atoms with van der Waals surface area (Å²) in [4.78, 5) is 27.2. The molecule has 1 atom stereocenters. The van der Waals surface area contributed by atoms with E-state index >= 15 is 0 Å². The van der Waals surface area contributed by atoms with Gasteiger partial charge in [0.05, 0.1) is 5.69 Å². The molecule has 1 heterocycles. The fourth-order valence-corrected chi connectivity index (χ4v) is 2.67. The minimum absolute atomic E-state index is 0.000813. The van der Waals surface area contributed by atoms with E-state index < -0.39 is 5.91 Å². The Kier molecular flexibility index (Phi) is 4.42. The molecule has 0 aliphatic heterocycles. The van der Waals surface area contributed by atoms with Gasteiger partial charge in [0.1, 0.15) is 6.04 Å². The minimum Gasteiger partial charge on any atom is -0.433 e. The molecule has 20 heavy (non-hydrogen) atoms. The molecule has 6 heteroatoms. The summed E-state index contributed by atoms with van der Waals surface area (Å²) in [6, 6.07) is -0.365. The average Bonchev–Trinajstić information content (AvgIpc) is 2.98. The van der Waals surface area contributed by atoms with Gasteiger partial charge in [0, 0.05) is 6.42 Å². The summed E-state index contributed by atoms with van der Waals surface area (Å²) in [5.74, 6) is 0.217. The first-order valence-corrected chi connectivity index (χ1v) is 7.04. The fraction of sp³-hybridized carbons (Fsp3) is 0.643. The van der Waals surface area contributed by atoms with Crippen molar-refractivity contribution in [2.45, 2.75) is 52.0 Å². The molecule has 1 unspecified atom stereocenters. The molecule has 0 radical (unpaired) electrons. The fourth-order valence-electron chi connectivity index (χ4n) is 2.67. The third-order valence-corrected chi connectivity index (χ3v) is 3.73. The second-order valence-corrected chi connectivity index (χ2v) is 5.47. The van der Waals surface area contributed by atoms with E-state index in [0.717, 1.165) is 12.8 Å². The molecule has 2 rings (SSSR count). The van der Waals surface area contributed by atoms with E-state index in [1.54, 1.807) is 13.8 Å². The highest BCUT2D eigenvalue weighted by Crippen LogP contribution is 2.27. The number of carbonyl (C=O) groups excluding carboxylic acids is 2. The molecule has 1 aromatic rings. The lowest BCUT2D eigenvalue weighted by Crippen LogP contribution is -2.28. The Morgan fingerprint density at radius 3 is 2.65 bits per heavy atom. The summed E-state index contributed by atoms with van der Waals surface area (Å²) < 4.78 is 5.31. The van der Waals surface area contributed by atoms with E-state index in [-0.39, 0.29) is 17.7 Å². The molecule has 0 aromatic carbocycles. The van der Waals surface area contributed by atoms with Gasteiger partial charge in [-0.15, -0.1) is 0 Å². The first-order chi connectivity index (χ1) is 9.47. The van der Waals surface area contributed by atoms with Crippen LogP contribution in [0.3, 0.4) is 0 Å². The molecule has 0 spiro atoms. The van der Waals surface area contributed by atoms with Crippen LogP contribution in [0.5, 0.6) is 0 Å². The first kappa shape index (κ1) is 14.6. The molecule has 2 amide bonds. The molecule has 3 N–H and O–H groups in total. The highest BCUT2D eigenvalue weighted by molar-refractivity contribution is 5.90. The van der Waals surface area contributed by atoms with Gasteiger partial charge in [-0.3, -0.25) is 9.59 Å². The van der Waals surface area contributed by atoms with Crippen molar-refractivity contribution >= 4 is 11.8 Å². The molecule has 1 saturated carbocycles. The topological polar surface area (TPSA) is 98.2 Å². The van der Waals surface area contributed by atoms with Crippen LogP contribution >= 0.6 is 0 Å². The van der Waals surface area contributed by atoms with Crippen molar-refractivity contribution in [3.05, 3.63) is 17.3 Å². The maximum Gasteiger partial charge on any atom is 0.286 e. The monoisotopic (exact) mass is 279 g/mol. The van der Waals surface area contributed by atoms with Crippen LogP contribution in [0.15, 0.2) is 4.42 Å². The molecule has 0 bridgehead atoms. The number of primary amides is 1. The Balaban J connectivity index is 1.93. The summed E-state index contributed by atoms with van der Waals surface area (Å²) in [5.41, 5.74) is 5.63. The zero-order valence-electron chi connectivity index (χ0n) is 11.9. The van der Waals surface area contributed by atoms with Crippen molar-refractivity contribution in [2.24, 2.45) is 11.7 Å². The summed E-state index contributed by atoms with van der Waals surface area (Å²) in [6.07, 6.45) is 5.24. The number of aromatic nitrogens is 1. The van der Waals surface area contributed by atoms with Crippen LogP contribution in [0, 0.1) is 12.8 Å². The van der Waals surface area contributed by atoms with Crippen molar-refractivity contribution in [2.75, 3.05) is 0 Å². The number of hydrogen-bond acceptors (Lipinski definition) is 4. The number of hydrogen-bond donors (Lipinski definition) is 2. The van der Waals surface area contributed by atoms with Gasteiger partial charge in [0.25, 0.3) is 5.91 Å². The van der Waals surface area contributed by atoms with E-state index in [1.807, 2.05) is 0 Å². The second kappa shape index (κ2) is 6.07. The SMILES string of the molecule is Cc1nc(C(C)NC(=O)CC2CCCC2)oc1C(N)=O. The van der Waals surface area contributed by atoms with Gasteiger partial charge in [-0.1, -0.05) is 12.8 Å². The van der Waals surface area contributed by atoms with Crippen molar-refractivity contribution in [1.29, 1.82) is 0 Å². The highest BCUT2D eigenvalue weighted by atomic mass is 16.4. The van der Waals surface area contributed by atoms with Gasteiger partial charge in [-0.25, -0.2) is 4.98 Å². The van der Waals surface area contributed by atoms with Gasteiger partial charge in [-0.2, -0.15) is 0 Å². The van der Waals surface area contributed by atoms with Gasteiger partial charge in [-0.05, 0) is 32.6 Å². The lowest BCUT2D eigenvalue weighted by atomic mass is 10.0. The third-order valence-electron chi connectivity index (χ3n) is 3.73. The van der Waals surface area contributed by atoms with E-state index in [2.05, 4.69) is 10.3 Å². The highest BCUT2D eigenvalue weighted by Gasteiger charge is 2.22. The predicted molar refractivity (Wildman–Crippen MR) is 72.9 cm³/mol. The molecule has 1 aromatic heterocycles. The molecular formula is C14H21N3O3. The number of carbonyl (C=O) groups is 2. The molecular weight excluding hydrogens is 258 g/mol. The minimum atomic E-state index is -0.647. The largest absolute Gasteiger partial charge is 0.433 e. The smallest absolute Gasteiger partial charge is 0.286 e. The Morgan fingerprint density at radius 1 is 1.45 bits per heavy atom. The normalized spacial score (nSPS) is 17.1. The van der Waals surface area contributed by atoms with Crippen molar-refractivity contribution < 1.29 is 14.0 Å². The lowest BCUT2D eigenvalue weighted by molar-refractivity contribution is -0.122. The Hall–Kier alpha value is -1.85. The van der Waals surface area contributed by atoms with Crippen LogP contribution in [0.1, 0.15) is 67.2 Å². The number of nitrogens with zero attached hydrogens (tertiary/aromatic N) is 1. The van der Waals surface area contributed by atoms with E-state index in [0.29, 0.717) is 23.9 Å². The molecule has 110 valence electrons. The number of rotatable bonds is 5. The number of nitrogens with two attached hydrogens (primary N) is 1. The molecule has 1 aliphatic carbocycles. The lowest BCUT2D eigenvalue weighted by Gasteiger charge is -2.13. The number of amides is 2. The van der Waals surface area contributed by atoms with Crippen molar-refractivity contribution in [3.8, 4) is 0 Å². The van der Waals surface area contributed by atoms with Crippen LogP contribution in [0.4, 0.5) is 0 Å². The quantitative estimate of drug-likeness (QED) is 0.859. The van der Waals surface area contributed by atoms with Crippen LogP contribution in [-0.4, -0.2) is 16.8 Å². The van der Waals surface area contributed by atoms with E-state index in [9.17, 15) is 9.59 Å². The van der Waals surface area contributed by atoms with Gasteiger partial charge >= 0.3 is 0 Å². The molecule has 0 saturated heterocycles. The Morgan fingerprint density at radius 2 is 2.10 bits per heavy atom. The molecule has 6 nitrogen and oxygen atoms in total. The number of nitrogens with one attached hydrogen (secondary N) is 1. The summed E-state index contributed by atoms with van der Waals surface area (Å²) in [5, 5.41) is 2.86. The predicted octanol–water partition coefficient (Wildman–Crippen LogP) is 1.84. The van der Waals surface area contributed by atoms with E-state index in [4.69, 9.17) is 10.2 Å². The van der Waals surface area contributed by atoms with Crippen molar-refractivity contribution in [1.82, 2.24) is 10.3 Å². The standard InChI is InChI=1S/C14H21N3O3/c1-8-12(13(15)19)20-14(17-8)9(2)16-11(18)7-10-5-3-4-6-10/h9-10H,3-7H2,1-2H3,(H2,15,19)(H,16,18). The summed E-state index contributed by atoms with van der Waals surface area (Å²) in [6.45, 7) is 3.43. The molecule has 1 aliphatic rings. The van der Waals surface area contributed by atoms with Crippen molar-refractivity contribution in [3.63, 3.8) is 0 Å². The van der Waals surface area contributed by atoms with Gasteiger partial charge < -0.3 is 15.5 Å². The summed E-state index contributed by atoms with van der Waals surface area (Å²) >= 11 is 0. The van der Waals surface area contributed by atoms with Crippen LogP contribution in [0.25, 0.3) is 0 Å². The molecule has 1 fully saturated rings. The first-order valence-electron chi connectivity index (χ1n) is 7.04. The van der Waals surface area contributed by atoms with Crippen LogP contribution in [-0.2, 0) is 4.79 Å². The maximum atomic E-state index is 11.9. The maximum absolute atomic E-state index is 11.9. The van der Waals surface area contributed by atoms with E-state index in [1.165, 1.54) is 12.8 Å². The Bertz CT molecular complexity index is 504. The van der Waals surface area contributed by atoms with Gasteiger partial charge in [0.15, 0.2) is 0 Å².